The predicted octanol–water partition coefficient (Wildman–Crippen LogP) is 0.272. The molecule has 0 bridgehead atoms. The molecule has 1 rings (SSSR count). The number of amides is 1. The Labute approximate surface area is 86.2 Å². The molecular weight excluding hydrogens is 200 g/mol. The van der Waals surface area contributed by atoms with E-state index in [-0.39, 0.29) is 11.7 Å². The first-order valence-corrected chi connectivity index (χ1v) is 4.32. The van der Waals surface area contributed by atoms with Crippen LogP contribution in [-0.4, -0.2) is 27.7 Å². The zero-order chi connectivity index (χ0) is 11.6. The van der Waals surface area contributed by atoms with Crippen LogP contribution < -0.4 is 5.32 Å². The summed E-state index contributed by atoms with van der Waals surface area (Å²) in [5.41, 5.74) is -0.941. The fourth-order valence-electron chi connectivity index (χ4n) is 1.13. The van der Waals surface area contributed by atoms with E-state index in [4.69, 9.17) is 0 Å². The van der Waals surface area contributed by atoms with Crippen LogP contribution in [0.25, 0.3) is 0 Å². The lowest BCUT2D eigenvalue weighted by atomic mass is 10.1. The fourth-order valence-corrected chi connectivity index (χ4v) is 1.13. The average Bonchev–Trinajstić information content (AvgIpc) is 2.65. The third-order valence-corrected chi connectivity index (χ3v) is 2.12. The van der Waals surface area contributed by atoms with Crippen molar-refractivity contribution in [2.45, 2.75) is 19.4 Å². The molecule has 1 aromatic heterocycles. The number of rotatable bonds is 3. The van der Waals surface area contributed by atoms with E-state index in [2.05, 4.69) is 10.4 Å². The molecule has 0 aromatic carbocycles. The molecule has 0 aliphatic carbocycles. The summed E-state index contributed by atoms with van der Waals surface area (Å²) in [6.45, 7) is 3.26. The molecule has 0 spiro atoms. The first-order valence-electron chi connectivity index (χ1n) is 4.32. The van der Waals surface area contributed by atoms with Gasteiger partial charge in [0.25, 0.3) is 0 Å². The van der Waals surface area contributed by atoms with Gasteiger partial charge >= 0.3 is 5.82 Å². The summed E-state index contributed by atoms with van der Waals surface area (Å²) in [5, 5.41) is 16.6. The van der Waals surface area contributed by atoms with Gasteiger partial charge in [-0.2, -0.15) is 4.68 Å². The molecule has 0 aliphatic rings. The van der Waals surface area contributed by atoms with Crippen molar-refractivity contribution in [1.29, 1.82) is 0 Å². The highest BCUT2D eigenvalue weighted by molar-refractivity contribution is 5.83. The summed E-state index contributed by atoms with van der Waals surface area (Å²) in [6.07, 6.45) is 1.41. The number of carbonyl (C=O) groups is 1. The topological polar surface area (TPSA) is 90.1 Å². The van der Waals surface area contributed by atoms with Gasteiger partial charge in [-0.25, -0.2) is 0 Å². The molecular formula is C8H12N4O3. The lowest BCUT2D eigenvalue weighted by molar-refractivity contribution is -0.389. The maximum Gasteiger partial charge on any atom is 0.389 e. The Balaban J connectivity index is 3.05. The van der Waals surface area contributed by atoms with E-state index in [1.165, 1.54) is 24.0 Å². The first kappa shape index (κ1) is 11.2. The van der Waals surface area contributed by atoms with Crippen molar-refractivity contribution in [3.05, 3.63) is 22.4 Å². The van der Waals surface area contributed by atoms with Gasteiger partial charge in [0.1, 0.15) is 0 Å². The number of likely N-dealkylation sites (N-methyl/N-ethyl adjacent to an activating group) is 1. The molecule has 1 amide bonds. The molecule has 1 aromatic rings. The number of nitrogens with zero attached hydrogens (tertiary/aromatic N) is 3. The Bertz CT molecular complexity index is 396. The Morgan fingerprint density at radius 1 is 1.67 bits per heavy atom. The predicted molar refractivity (Wildman–Crippen MR) is 52.3 cm³/mol. The molecule has 0 saturated heterocycles. The normalized spacial score (nSPS) is 11.1. The molecule has 0 unspecified atom stereocenters. The van der Waals surface area contributed by atoms with Gasteiger partial charge in [0.15, 0.2) is 5.54 Å². The van der Waals surface area contributed by atoms with Gasteiger partial charge in [-0.05, 0) is 18.8 Å². The maximum absolute atomic E-state index is 11.5. The standard InChI is InChI=1S/C8H12N4O3/c1-8(2,7(13)9-3)11-5-4-6(10-11)12(14)15/h4-5H,1-3H3,(H,9,13). The molecule has 1 N–H and O–H groups in total. The minimum atomic E-state index is -0.941. The molecule has 0 fully saturated rings. The summed E-state index contributed by atoms with van der Waals surface area (Å²) >= 11 is 0. The SMILES string of the molecule is CNC(=O)C(C)(C)n1ccc([N+](=O)[O-])n1. The lowest BCUT2D eigenvalue weighted by Gasteiger charge is -2.19. The monoisotopic (exact) mass is 212 g/mol. The number of nitrogens with one attached hydrogen (secondary N) is 1. The van der Waals surface area contributed by atoms with Crippen LogP contribution >= 0.6 is 0 Å². The van der Waals surface area contributed by atoms with Crippen LogP contribution in [0.3, 0.4) is 0 Å². The summed E-state index contributed by atoms with van der Waals surface area (Å²) in [7, 11) is 1.50. The number of nitro groups is 1. The molecule has 82 valence electrons. The maximum atomic E-state index is 11.5. The van der Waals surface area contributed by atoms with Crippen LogP contribution in [0.4, 0.5) is 5.82 Å². The minimum Gasteiger partial charge on any atom is -0.358 e. The van der Waals surface area contributed by atoms with E-state index in [1.807, 2.05) is 0 Å². The lowest BCUT2D eigenvalue weighted by Crippen LogP contribution is -2.43. The van der Waals surface area contributed by atoms with Crippen molar-refractivity contribution >= 4 is 11.7 Å². The van der Waals surface area contributed by atoms with Crippen molar-refractivity contribution < 1.29 is 9.72 Å². The van der Waals surface area contributed by atoms with Gasteiger partial charge in [-0.1, -0.05) is 0 Å². The highest BCUT2D eigenvalue weighted by atomic mass is 16.6. The van der Waals surface area contributed by atoms with Crippen LogP contribution in [0.15, 0.2) is 12.3 Å². The van der Waals surface area contributed by atoms with Crippen LogP contribution in [-0.2, 0) is 10.3 Å². The number of hydrogen-bond acceptors (Lipinski definition) is 4. The second-order valence-corrected chi connectivity index (χ2v) is 3.51. The molecule has 0 atom stereocenters. The van der Waals surface area contributed by atoms with Gasteiger partial charge in [-0.15, -0.1) is 0 Å². The summed E-state index contributed by atoms with van der Waals surface area (Å²) < 4.78 is 1.27. The van der Waals surface area contributed by atoms with E-state index in [0.717, 1.165) is 0 Å². The summed E-state index contributed by atoms with van der Waals surface area (Å²) in [6, 6.07) is 1.25. The number of aromatic nitrogens is 2. The highest BCUT2D eigenvalue weighted by Crippen LogP contribution is 2.17. The Kier molecular flexibility index (Phi) is 2.74. The summed E-state index contributed by atoms with van der Waals surface area (Å²) in [4.78, 5) is 21.3. The quantitative estimate of drug-likeness (QED) is 0.575. The van der Waals surface area contributed by atoms with E-state index in [0.29, 0.717) is 0 Å². The Morgan fingerprint density at radius 3 is 2.67 bits per heavy atom. The minimum absolute atomic E-state index is 0.263. The molecule has 0 radical (unpaired) electrons. The molecule has 15 heavy (non-hydrogen) atoms. The first-order chi connectivity index (χ1) is 6.89. The third-order valence-electron chi connectivity index (χ3n) is 2.12. The zero-order valence-corrected chi connectivity index (χ0v) is 8.72. The smallest absolute Gasteiger partial charge is 0.358 e. The van der Waals surface area contributed by atoms with E-state index < -0.39 is 10.5 Å². The molecule has 0 aliphatic heterocycles. The van der Waals surface area contributed by atoms with Gasteiger partial charge < -0.3 is 15.4 Å². The van der Waals surface area contributed by atoms with Gasteiger partial charge in [0.05, 0.1) is 17.4 Å². The number of carbonyl (C=O) groups excluding carboxylic acids is 1. The average molecular weight is 212 g/mol. The van der Waals surface area contributed by atoms with E-state index >= 15 is 0 Å². The van der Waals surface area contributed by atoms with Crippen molar-refractivity contribution in [3.63, 3.8) is 0 Å². The molecule has 0 saturated carbocycles. The fraction of sp³-hybridized carbons (Fsp3) is 0.500. The van der Waals surface area contributed by atoms with Gasteiger partial charge in [-0.3, -0.25) is 4.79 Å². The second kappa shape index (κ2) is 3.68. The second-order valence-electron chi connectivity index (χ2n) is 3.51. The highest BCUT2D eigenvalue weighted by Gasteiger charge is 2.33. The van der Waals surface area contributed by atoms with Crippen molar-refractivity contribution in [2.75, 3.05) is 7.05 Å². The van der Waals surface area contributed by atoms with Crippen molar-refractivity contribution in [1.82, 2.24) is 15.1 Å². The Morgan fingerprint density at radius 2 is 2.27 bits per heavy atom. The van der Waals surface area contributed by atoms with Crippen molar-refractivity contribution in [3.8, 4) is 0 Å². The largest absolute Gasteiger partial charge is 0.389 e. The zero-order valence-electron chi connectivity index (χ0n) is 8.72. The van der Waals surface area contributed by atoms with E-state index in [1.54, 1.807) is 13.8 Å². The van der Waals surface area contributed by atoms with Crippen LogP contribution in [0.1, 0.15) is 13.8 Å². The van der Waals surface area contributed by atoms with Crippen molar-refractivity contribution in [2.24, 2.45) is 0 Å². The van der Waals surface area contributed by atoms with Crippen LogP contribution in [0, 0.1) is 10.1 Å². The Hall–Kier alpha value is -1.92. The molecule has 7 nitrogen and oxygen atoms in total. The molecule has 7 heteroatoms. The summed E-state index contributed by atoms with van der Waals surface area (Å²) in [5.74, 6) is -0.535. The van der Waals surface area contributed by atoms with Gasteiger partial charge in [0.2, 0.25) is 5.91 Å². The van der Waals surface area contributed by atoms with Crippen LogP contribution in [0.5, 0.6) is 0 Å². The van der Waals surface area contributed by atoms with E-state index in [9.17, 15) is 14.9 Å². The van der Waals surface area contributed by atoms with Crippen LogP contribution in [0.2, 0.25) is 0 Å². The molecule has 1 heterocycles. The third kappa shape index (κ3) is 1.95. The van der Waals surface area contributed by atoms with Gasteiger partial charge in [0, 0.05) is 7.05 Å². The number of hydrogen-bond donors (Lipinski definition) is 1.